The largest absolute Gasteiger partial charge is 0.494 e. The lowest BCUT2D eigenvalue weighted by Crippen LogP contribution is -2.25. The average Bonchev–Trinajstić information content (AvgIpc) is 3.19. The molecule has 1 amide bonds. The van der Waals surface area contributed by atoms with Gasteiger partial charge in [-0.2, -0.15) is 0 Å². The number of nitrogens with one attached hydrogen (secondary N) is 1. The van der Waals surface area contributed by atoms with E-state index in [1.54, 1.807) is 11.8 Å². The molecule has 0 saturated heterocycles. The number of H-pyrrole nitrogens is 1. The van der Waals surface area contributed by atoms with Crippen LogP contribution in [0.15, 0.2) is 53.3 Å². The average molecular weight is 525 g/mol. The Hall–Kier alpha value is -3.39. The summed E-state index contributed by atoms with van der Waals surface area (Å²) in [5.74, 6) is -0.950. The quantitative estimate of drug-likeness (QED) is 0.231. The molecule has 0 fully saturated rings. The van der Waals surface area contributed by atoms with Crippen LogP contribution in [0.5, 0.6) is 5.88 Å². The maximum atomic E-state index is 12.6. The van der Waals surface area contributed by atoms with Crippen molar-refractivity contribution >= 4 is 23.2 Å². The fraction of sp³-hybridized carbons (Fsp3) is 0.414. The van der Waals surface area contributed by atoms with E-state index in [0.29, 0.717) is 30.7 Å². The first-order chi connectivity index (χ1) is 17.7. The zero-order chi connectivity index (χ0) is 26.8. The van der Waals surface area contributed by atoms with Crippen LogP contribution in [-0.2, 0) is 22.6 Å². The molecule has 8 heteroatoms. The Bertz CT molecular complexity index is 1230. The molecule has 0 aliphatic carbocycles. The zero-order valence-corrected chi connectivity index (χ0v) is 22.4. The highest BCUT2D eigenvalue weighted by Crippen LogP contribution is 2.25. The summed E-state index contributed by atoms with van der Waals surface area (Å²) in [6, 6.07) is 16.2. The van der Waals surface area contributed by atoms with E-state index in [1.165, 1.54) is 0 Å². The molecule has 0 spiro atoms. The van der Waals surface area contributed by atoms with Gasteiger partial charge in [0.25, 0.3) is 0 Å². The van der Waals surface area contributed by atoms with Crippen LogP contribution in [0.3, 0.4) is 0 Å². The number of thiazole rings is 1. The topological polar surface area (TPSA) is 111 Å². The molecule has 0 radical (unpaired) electrons. The summed E-state index contributed by atoms with van der Waals surface area (Å²) in [5.41, 5.74) is 4.19. The van der Waals surface area contributed by atoms with Gasteiger partial charge in [0.05, 0.1) is 10.8 Å². The van der Waals surface area contributed by atoms with E-state index in [-0.39, 0.29) is 22.6 Å². The molecule has 1 heterocycles. The van der Waals surface area contributed by atoms with Gasteiger partial charge in [0.2, 0.25) is 11.8 Å². The molecule has 198 valence electrons. The molecule has 0 saturated carbocycles. The normalized spacial score (nSPS) is 11.8. The highest BCUT2D eigenvalue weighted by atomic mass is 32.1. The SMILES string of the molecule is CC(CCCCCCCC(=O)N(C)Cc1cccc(-c2ccc(Cc3sc(=O)[nH]c3O)cc2)c1)C(=O)O. The predicted octanol–water partition coefficient (Wildman–Crippen LogP) is 5.81. The second-order valence-electron chi connectivity index (χ2n) is 9.66. The van der Waals surface area contributed by atoms with Crippen molar-refractivity contribution in [1.82, 2.24) is 9.88 Å². The monoisotopic (exact) mass is 524 g/mol. The van der Waals surface area contributed by atoms with Crippen LogP contribution in [0.4, 0.5) is 0 Å². The van der Waals surface area contributed by atoms with Crippen LogP contribution >= 0.6 is 11.3 Å². The number of rotatable bonds is 14. The standard InChI is InChI=1S/C29H36N2O5S/c1-20(28(34)35)9-6-4-3-5-7-12-26(32)31(2)19-22-10-8-11-24(17-22)23-15-13-21(14-16-23)18-25-27(33)30-29(36)37-25/h8,10-11,13-17,20,33H,3-7,9,12,18-19H2,1-2H3,(H,30,36)(H,34,35). The Balaban J connectivity index is 1.44. The Morgan fingerprint density at radius 3 is 2.35 bits per heavy atom. The molecule has 0 aliphatic rings. The number of hydrogen-bond acceptors (Lipinski definition) is 5. The summed E-state index contributed by atoms with van der Waals surface area (Å²) in [7, 11) is 1.84. The third kappa shape index (κ3) is 8.89. The Kier molecular flexibility index (Phi) is 10.5. The van der Waals surface area contributed by atoms with E-state index in [1.807, 2.05) is 49.5 Å². The molecule has 0 aliphatic heterocycles. The first-order valence-corrected chi connectivity index (χ1v) is 13.6. The fourth-order valence-corrected chi connectivity index (χ4v) is 5.01. The van der Waals surface area contributed by atoms with Crippen molar-refractivity contribution < 1.29 is 19.8 Å². The van der Waals surface area contributed by atoms with Crippen LogP contribution < -0.4 is 4.87 Å². The number of carboxylic acid groups (broad SMARTS) is 1. The number of aromatic nitrogens is 1. The van der Waals surface area contributed by atoms with Crippen molar-refractivity contribution in [2.75, 3.05) is 7.05 Å². The molecular weight excluding hydrogens is 488 g/mol. The summed E-state index contributed by atoms with van der Waals surface area (Å²) in [6.07, 6.45) is 6.50. The van der Waals surface area contributed by atoms with Gasteiger partial charge in [-0.15, -0.1) is 0 Å². The Labute approximate surface area is 221 Å². The molecular formula is C29H36N2O5S. The lowest BCUT2D eigenvalue weighted by Gasteiger charge is -2.18. The summed E-state index contributed by atoms with van der Waals surface area (Å²) in [6.45, 7) is 2.29. The van der Waals surface area contributed by atoms with Crippen LogP contribution in [0.25, 0.3) is 11.1 Å². The molecule has 1 atom stereocenters. The minimum Gasteiger partial charge on any atom is -0.494 e. The first kappa shape index (κ1) is 28.2. The summed E-state index contributed by atoms with van der Waals surface area (Å²) in [4.78, 5) is 39.4. The fourth-order valence-electron chi connectivity index (χ4n) is 4.26. The maximum Gasteiger partial charge on any atom is 0.307 e. The van der Waals surface area contributed by atoms with E-state index in [4.69, 9.17) is 5.11 Å². The van der Waals surface area contributed by atoms with Gasteiger partial charge >= 0.3 is 10.8 Å². The van der Waals surface area contributed by atoms with Crippen LogP contribution in [0, 0.1) is 5.92 Å². The lowest BCUT2D eigenvalue weighted by atomic mass is 10.0. The molecule has 2 aromatic carbocycles. The second kappa shape index (κ2) is 13.8. The minimum absolute atomic E-state index is 0.0620. The summed E-state index contributed by atoms with van der Waals surface area (Å²) < 4.78 is 0. The highest BCUT2D eigenvalue weighted by molar-refractivity contribution is 7.09. The van der Waals surface area contributed by atoms with E-state index >= 15 is 0 Å². The number of amides is 1. The number of aromatic hydroxyl groups is 1. The van der Waals surface area contributed by atoms with Gasteiger partial charge in [0.1, 0.15) is 0 Å². The molecule has 3 aromatic rings. The number of nitrogens with zero attached hydrogens (tertiary/aromatic N) is 1. The smallest absolute Gasteiger partial charge is 0.307 e. The predicted molar refractivity (Wildman–Crippen MR) is 147 cm³/mol. The number of benzene rings is 2. The summed E-state index contributed by atoms with van der Waals surface area (Å²) >= 11 is 1.02. The van der Waals surface area contributed by atoms with Gasteiger partial charge in [-0.25, -0.2) is 0 Å². The van der Waals surface area contributed by atoms with E-state index in [2.05, 4.69) is 11.1 Å². The van der Waals surface area contributed by atoms with E-state index < -0.39 is 5.97 Å². The van der Waals surface area contributed by atoms with Gasteiger partial charge in [0.15, 0.2) is 0 Å². The van der Waals surface area contributed by atoms with Gasteiger partial charge in [-0.05, 0) is 41.2 Å². The van der Waals surface area contributed by atoms with Gasteiger partial charge in [0, 0.05) is 26.4 Å². The summed E-state index contributed by atoms with van der Waals surface area (Å²) in [5, 5.41) is 18.7. The number of hydrogen-bond donors (Lipinski definition) is 3. The molecule has 7 nitrogen and oxygen atoms in total. The maximum absolute atomic E-state index is 12.6. The van der Waals surface area contributed by atoms with E-state index in [9.17, 15) is 19.5 Å². The molecule has 37 heavy (non-hydrogen) atoms. The van der Waals surface area contributed by atoms with E-state index in [0.717, 1.165) is 65.7 Å². The number of aliphatic carboxylic acids is 1. The molecule has 1 aromatic heterocycles. The van der Waals surface area contributed by atoms with Crippen molar-refractivity contribution in [1.29, 1.82) is 0 Å². The minimum atomic E-state index is -0.733. The number of carbonyl (C=O) groups is 2. The third-order valence-corrected chi connectivity index (χ3v) is 7.45. The third-order valence-electron chi connectivity index (χ3n) is 6.57. The highest BCUT2D eigenvalue weighted by Gasteiger charge is 2.12. The first-order valence-electron chi connectivity index (χ1n) is 12.8. The van der Waals surface area contributed by atoms with Gasteiger partial charge < -0.3 is 15.1 Å². The Morgan fingerprint density at radius 2 is 1.68 bits per heavy atom. The van der Waals surface area contributed by atoms with Crippen LogP contribution in [0.2, 0.25) is 0 Å². The number of aromatic amines is 1. The van der Waals surface area contributed by atoms with Crippen molar-refractivity contribution in [3.05, 3.63) is 74.2 Å². The van der Waals surface area contributed by atoms with Gasteiger partial charge in [-0.3, -0.25) is 19.4 Å². The molecule has 3 N–H and O–H groups in total. The van der Waals surface area contributed by atoms with Crippen molar-refractivity contribution in [3.63, 3.8) is 0 Å². The molecule has 1 unspecified atom stereocenters. The van der Waals surface area contributed by atoms with Crippen molar-refractivity contribution in [3.8, 4) is 17.0 Å². The lowest BCUT2D eigenvalue weighted by molar-refractivity contribution is -0.141. The van der Waals surface area contributed by atoms with Crippen LogP contribution in [-0.4, -0.2) is 39.0 Å². The number of carbonyl (C=O) groups excluding carboxylic acids is 1. The number of carboxylic acids is 1. The zero-order valence-electron chi connectivity index (χ0n) is 21.5. The second-order valence-corrected chi connectivity index (χ2v) is 10.7. The van der Waals surface area contributed by atoms with Crippen LogP contribution in [0.1, 0.15) is 67.9 Å². The molecule has 0 bridgehead atoms. The number of unbranched alkanes of at least 4 members (excludes halogenated alkanes) is 4. The van der Waals surface area contributed by atoms with Crippen molar-refractivity contribution in [2.45, 2.75) is 64.8 Å². The molecule has 3 rings (SSSR count). The Morgan fingerprint density at radius 1 is 0.973 bits per heavy atom. The van der Waals surface area contributed by atoms with Crippen molar-refractivity contribution in [2.24, 2.45) is 5.92 Å². The van der Waals surface area contributed by atoms with Gasteiger partial charge in [-0.1, -0.05) is 86.4 Å².